The van der Waals surface area contributed by atoms with E-state index in [1.807, 2.05) is 69.5 Å². The van der Waals surface area contributed by atoms with Crippen LogP contribution < -0.4 is 5.32 Å². The quantitative estimate of drug-likeness (QED) is 0.646. The summed E-state index contributed by atoms with van der Waals surface area (Å²) in [7, 11) is 0. The first-order chi connectivity index (χ1) is 13.8. The van der Waals surface area contributed by atoms with Crippen molar-refractivity contribution in [1.82, 2.24) is 14.3 Å². The van der Waals surface area contributed by atoms with Gasteiger partial charge in [0.1, 0.15) is 0 Å². The minimum atomic E-state index is -0.499. The standard InChI is InChI=1S/C22H26N4O3/c1-6-25-14(2)12-19(16(25)4)22(28)29-13-20(27)23-21-15(3)24-26(17(21)5)18-10-8-7-9-11-18/h7-12H,6,13H2,1-5H3,(H,23,27). The van der Waals surface area contributed by atoms with Gasteiger partial charge in [-0.3, -0.25) is 4.79 Å². The van der Waals surface area contributed by atoms with E-state index in [4.69, 9.17) is 4.74 Å². The van der Waals surface area contributed by atoms with Crippen LogP contribution in [-0.4, -0.2) is 32.8 Å². The van der Waals surface area contributed by atoms with Gasteiger partial charge in [0.15, 0.2) is 6.61 Å². The van der Waals surface area contributed by atoms with Crippen molar-refractivity contribution in [3.8, 4) is 5.69 Å². The third-order valence-electron chi connectivity index (χ3n) is 5.00. The number of esters is 1. The zero-order valence-corrected chi connectivity index (χ0v) is 17.4. The van der Waals surface area contributed by atoms with Gasteiger partial charge in [0.05, 0.1) is 28.3 Å². The highest BCUT2D eigenvalue weighted by Gasteiger charge is 2.19. The van der Waals surface area contributed by atoms with E-state index in [0.29, 0.717) is 16.9 Å². The van der Waals surface area contributed by atoms with Gasteiger partial charge in [0.25, 0.3) is 5.91 Å². The highest BCUT2D eigenvalue weighted by atomic mass is 16.5. The zero-order chi connectivity index (χ0) is 21.1. The highest BCUT2D eigenvalue weighted by molar-refractivity contribution is 5.96. The maximum absolute atomic E-state index is 12.4. The Morgan fingerprint density at radius 1 is 1.07 bits per heavy atom. The van der Waals surface area contributed by atoms with Crippen molar-refractivity contribution in [3.63, 3.8) is 0 Å². The monoisotopic (exact) mass is 394 g/mol. The van der Waals surface area contributed by atoms with E-state index in [0.717, 1.165) is 29.3 Å². The van der Waals surface area contributed by atoms with Crippen molar-refractivity contribution in [2.24, 2.45) is 0 Å². The number of nitrogens with zero attached hydrogens (tertiary/aromatic N) is 3. The van der Waals surface area contributed by atoms with E-state index >= 15 is 0 Å². The van der Waals surface area contributed by atoms with Crippen molar-refractivity contribution in [3.05, 3.63) is 64.7 Å². The maximum atomic E-state index is 12.4. The molecule has 7 nitrogen and oxygen atoms in total. The number of rotatable bonds is 6. The lowest BCUT2D eigenvalue weighted by molar-refractivity contribution is -0.119. The largest absolute Gasteiger partial charge is 0.452 e. The summed E-state index contributed by atoms with van der Waals surface area (Å²) in [5.41, 5.74) is 5.34. The van der Waals surface area contributed by atoms with Crippen LogP contribution in [0.15, 0.2) is 36.4 Å². The van der Waals surface area contributed by atoms with Crippen LogP contribution in [0, 0.1) is 27.7 Å². The molecule has 0 aliphatic carbocycles. The number of carbonyl (C=O) groups excluding carboxylic acids is 2. The molecule has 0 radical (unpaired) electrons. The average molecular weight is 394 g/mol. The Balaban J connectivity index is 1.67. The zero-order valence-electron chi connectivity index (χ0n) is 17.4. The molecule has 0 unspecified atom stereocenters. The molecule has 0 bridgehead atoms. The lowest BCUT2D eigenvalue weighted by Gasteiger charge is -2.08. The van der Waals surface area contributed by atoms with Gasteiger partial charge >= 0.3 is 5.97 Å². The molecule has 0 saturated carbocycles. The van der Waals surface area contributed by atoms with Gasteiger partial charge in [-0.05, 0) is 52.8 Å². The number of carbonyl (C=O) groups is 2. The molecule has 0 atom stereocenters. The van der Waals surface area contributed by atoms with Crippen molar-refractivity contribution in [1.29, 1.82) is 0 Å². The fraction of sp³-hybridized carbons (Fsp3) is 0.318. The first kappa shape index (κ1) is 20.4. The van der Waals surface area contributed by atoms with Gasteiger partial charge in [0.2, 0.25) is 0 Å². The predicted octanol–water partition coefficient (Wildman–Crippen LogP) is 3.72. The van der Waals surface area contributed by atoms with Crippen LogP contribution in [0.5, 0.6) is 0 Å². The maximum Gasteiger partial charge on any atom is 0.340 e. The van der Waals surface area contributed by atoms with Crippen LogP contribution >= 0.6 is 0 Å². The van der Waals surface area contributed by atoms with E-state index in [9.17, 15) is 9.59 Å². The number of aromatic nitrogens is 3. The van der Waals surface area contributed by atoms with E-state index in [1.165, 1.54) is 0 Å². The summed E-state index contributed by atoms with van der Waals surface area (Å²) in [6, 6.07) is 11.5. The Morgan fingerprint density at radius 2 is 1.76 bits per heavy atom. The van der Waals surface area contributed by atoms with Gasteiger partial charge < -0.3 is 14.6 Å². The second-order valence-electron chi connectivity index (χ2n) is 6.95. The summed E-state index contributed by atoms with van der Waals surface area (Å²) in [5.74, 6) is -0.900. The number of benzene rings is 1. The van der Waals surface area contributed by atoms with Gasteiger partial charge in [0, 0.05) is 17.9 Å². The summed E-state index contributed by atoms with van der Waals surface area (Å²) >= 11 is 0. The SMILES string of the molecule is CCn1c(C)cc(C(=O)OCC(=O)Nc2c(C)nn(-c3ccccc3)c2C)c1C. The molecule has 2 heterocycles. The second-order valence-corrected chi connectivity index (χ2v) is 6.95. The van der Waals surface area contributed by atoms with E-state index < -0.39 is 11.9 Å². The lowest BCUT2D eigenvalue weighted by Crippen LogP contribution is -2.21. The first-order valence-electron chi connectivity index (χ1n) is 9.58. The summed E-state index contributed by atoms with van der Waals surface area (Å²) in [5, 5.41) is 7.31. The molecule has 1 aromatic carbocycles. The topological polar surface area (TPSA) is 78.2 Å². The predicted molar refractivity (Wildman–Crippen MR) is 112 cm³/mol. The molecule has 7 heteroatoms. The fourth-order valence-electron chi connectivity index (χ4n) is 3.52. The molecule has 0 aliphatic heterocycles. The Bertz CT molecular complexity index is 1050. The van der Waals surface area contributed by atoms with Crippen LogP contribution in [0.4, 0.5) is 5.69 Å². The summed E-state index contributed by atoms with van der Waals surface area (Å²) in [4.78, 5) is 24.8. The molecule has 0 saturated heterocycles. The number of hydrogen-bond donors (Lipinski definition) is 1. The fourth-order valence-corrected chi connectivity index (χ4v) is 3.52. The third-order valence-corrected chi connectivity index (χ3v) is 5.00. The van der Waals surface area contributed by atoms with Gasteiger partial charge in [-0.25, -0.2) is 9.48 Å². The third kappa shape index (κ3) is 4.08. The number of nitrogens with one attached hydrogen (secondary N) is 1. The molecule has 3 aromatic rings. The lowest BCUT2D eigenvalue weighted by atomic mass is 10.2. The Labute approximate surface area is 170 Å². The van der Waals surface area contributed by atoms with Crippen LogP contribution in [0.1, 0.15) is 40.1 Å². The van der Waals surface area contributed by atoms with Crippen molar-refractivity contribution < 1.29 is 14.3 Å². The summed E-state index contributed by atoms with van der Waals surface area (Å²) < 4.78 is 9.04. The number of amides is 1. The van der Waals surface area contributed by atoms with E-state index in [1.54, 1.807) is 10.7 Å². The van der Waals surface area contributed by atoms with Gasteiger partial charge in [-0.1, -0.05) is 18.2 Å². The number of anilines is 1. The van der Waals surface area contributed by atoms with Crippen LogP contribution in [0.25, 0.3) is 5.69 Å². The summed E-state index contributed by atoms with van der Waals surface area (Å²) in [6.07, 6.45) is 0. The molecule has 0 spiro atoms. The molecule has 29 heavy (non-hydrogen) atoms. The number of para-hydroxylation sites is 1. The van der Waals surface area contributed by atoms with Gasteiger partial charge in [-0.15, -0.1) is 0 Å². The van der Waals surface area contributed by atoms with Crippen molar-refractivity contribution in [2.75, 3.05) is 11.9 Å². The van der Waals surface area contributed by atoms with Crippen LogP contribution in [-0.2, 0) is 16.1 Å². The smallest absolute Gasteiger partial charge is 0.340 e. The molecule has 152 valence electrons. The Kier molecular flexibility index (Phi) is 5.87. The Hall–Kier alpha value is -3.35. The highest BCUT2D eigenvalue weighted by Crippen LogP contribution is 2.23. The number of aryl methyl sites for hydroxylation is 2. The molecule has 1 amide bonds. The first-order valence-corrected chi connectivity index (χ1v) is 9.58. The molecule has 2 aromatic heterocycles. The minimum absolute atomic E-state index is 0.357. The normalized spacial score (nSPS) is 10.8. The molecular formula is C22H26N4O3. The second kappa shape index (κ2) is 8.34. The molecule has 3 rings (SSSR count). The number of hydrogen-bond acceptors (Lipinski definition) is 4. The van der Waals surface area contributed by atoms with E-state index in [-0.39, 0.29) is 6.61 Å². The van der Waals surface area contributed by atoms with E-state index in [2.05, 4.69) is 10.4 Å². The van der Waals surface area contributed by atoms with Crippen molar-refractivity contribution in [2.45, 2.75) is 41.2 Å². The van der Waals surface area contributed by atoms with Crippen molar-refractivity contribution >= 4 is 17.6 Å². The van der Waals surface area contributed by atoms with Crippen LogP contribution in [0.2, 0.25) is 0 Å². The molecular weight excluding hydrogens is 368 g/mol. The molecule has 0 fully saturated rings. The number of ether oxygens (including phenoxy) is 1. The minimum Gasteiger partial charge on any atom is -0.452 e. The average Bonchev–Trinajstić information content (AvgIpc) is 3.16. The van der Waals surface area contributed by atoms with Gasteiger partial charge in [-0.2, -0.15) is 5.10 Å². The molecule has 1 N–H and O–H groups in total. The van der Waals surface area contributed by atoms with Crippen LogP contribution in [0.3, 0.4) is 0 Å². The summed E-state index contributed by atoms with van der Waals surface area (Å²) in [6.45, 7) is 9.96. The molecule has 0 aliphatic rings. The Morgan fingerprint density at radius 3 is 2.38 bits per heavy atom.